The van der Waals surface area contributed by atoms with Gasteiger partial charge in [-0.25, -0.2) is 27.3 Å². The van der Waals surface area contributed by atoms with Crippen molar-refractivity contribution in [2.24, 2.45) is 5.14 Å². The van der Waals surface area contributed by atoms with Crippen molar-refractivity contribution >= 4 is 15.8 Å². The number of primary sulfonamides is 1. The lowest BCUT2D eigenvalue weighted by Crippen LogP contribution is -2.19. The highest BCUT2D eigenvalue weighted by Gasteiger charge is 2.06. The summed E-state index contributed by atoms with van der Waals surface area (Å²) < 4.78 is 46.6. The van der Waals surface area contributed by atoms with E-state index in [-0.39, 0.29) is 24.5 Å². The molecule has 0 aromatic carbocycles. The number of aromatic nitrogens is 1. The summed E-state index contributed by atoms with van der Waals surface area (Å²) in [5.74, 6) is -1.91. The number of anilines is 1. The fraction of sp³-hybridized carbons (Fsp3) is 0.375. The minimum absolute atomic E-state index is 0.115. The molecule has 5 nitrogen and oxygen atoms in total. The summed E-state index contributed by atoms with van der Waals surface area (Å²) in [6.45, 7) is 0.186. The largest absolute Gasteiger partial charge is 0.368 e. The molecule has 0 aliphatic heterocycles. The van der Waals surface area contributed by atoms with Gasteiger partial charge in [-0.15, -0.1) is 0 Å². The molecule has 0 spiro atoms. The molecular formula is C8H11F2N3O2S. The summed E-state index contributed by atoms with van der Waals surface area (Å²) in [4.78, 5) is 3.47. The van der Waals surface area contributed by atoms with E-state index in [0.29, 0.717) is 6.07 Å². The van der Waals surface area contributed by atoms with Crippen molar-refractivity contribution in [2.75, 3.05) is 17.6 Å². The van der Waals surface area contributed by atoms with Gasteiger partial charge in [-0.05, 0) is 6.42 Å². The van der Waals surface area contributed by atoms with Crippen LogP contribution in [0, 0.1) is 11.6 Å². The van der Waals surface area contributed by atoms with Crippen molar-refractivity contribution in [1.82, 2.24) is 4.98 Å². The van der Waals surface area contributed by atoms with Crippen LogP contribution in [0.4, 0.5) is 14.6 Å². The summed E-state index contributed by atoms with van der Waals surface area (Å²) in [6.07, 6.45) is 1.09. The minimum atomic E-state index is -3.51. The van der Waals surface area contributed by atoms with Crippen molar-refractivity contribution in [3.63, 3.8) is 0 Å². The van der Waals surface area contributed by atoms with Crippen molar-refractivity contribution < 1.29 is 17.2 Å². The van der Waals surface area contributed by atoms with Gasteiger partial charge in [0.25, 0.3) is 0 Å². The van der Waals surface area contributed by atoms with Crippen LogP contribution >= 0.6 is 0 Å². The highest BCUT2D eigenvalue weighted by Crippen LogP contribution is 2.10. The number of hydrogen-bond acceptors (Lipinski definition) is 4. The molecule has 0 saturated carbocycles. The molecule has 0 aliphatic carbocycles. The number of rotatable bonds is 5. The Bertz CT molecular complexity index is 464. The van der Waals surface area contributed by atoms with Crippen LogP contribution in [-0.4, -0.2) is 25.7 Å². The van der Waals surface area contributed by atoms with Crippen LogP contribution < -0.4 is 10.5 Å². The second-order valence-corrected chi connectivity index (χ2v) is 4.87. The smallest absolute Gasteiger partial charge is 0.209 e. The molecule has 1 aromatic rings. The van der Waals surface area contributed by atoms with Crippen LogP contribution in [0.5, 0.6) is 0 Å². The molecule has 90 valence electrons. The highest BCUT2D eigenvalue weighted by atomic mass is 32.2. The van der Waals surface area contributed by atoms with E-state index in [1.807, 2.05) is 0 Å². The lowest BCUT2D eigenvalue weighted by atomic mass is 10.4. The van der Waals surface area contributed by atoms with E-state index in [2.05, 4.69) is 10.3 Å². The summed E-state index contributed by atoms with van der Waals surface area (Å²) in [5, 5.41) is 7.31. The molecule has 16 heavy (non-hydrogen) atoms. The Morgan fingerprint density at radius 2 is 2.12 bits per heavy atom. The fourth-order valence-corrected chi connectivity index (χ4v) is 1.57. The maximum absolute atomic E-state index is 13.0. The third kappa shape index (κ3) is 4.49. The number of sulfonamides is 1. The van der Waals surface area contributed by atoms with E-state index < -0.39 is 21.7 Å². The first-order valence-corrected chi connectivity index (χ1v) is 6.15. The topological polar surface area (TPSA) is 85.1 Å². The molecule has 8 heteroatoms. The average molecular weight is 251 g/mol. The lowest BCUT2D eigenvalue weighted by Gasteiger charge is -2.05. The van der Waals surface area contributed by atoms with E-state index >= 15 is 0 Å². The molecule has 0 bridgehead atoms. The molecule has 1 heterocycles. The van der Waals surface area contributed by atoms with Crippen LogP contribution in [0.2, 0.25) is 0 Å². The van der Waals surface area contributed by atoms with Crippen LogP contribution in [0.1, 0.15) is 6.42 Å². The van der Waals surface area contributed by atoms with Gasteiger partial charge in [-0.1, -0.05) is 0 Å². The Morgan fingerprint density at radius 1 is 1.44 bits per heavy atom. The van der Waals surface area contributed by atoms with Gasteiger partial charge in [0, 0.05) is 12.6 Å². The maximum Gasteiger partial charge on any atom is 0.209 e. The van der Waals surface area contributed by atoms with E-state index in [1.54, 1.807) is 0 Å². The molecule has 0 radical (unpaired) electrons. The van der Waals surface area contributed by atoms with Crippen molar-refractivity contribution in [2.45, 2.75) is 6.42 Å². The molecule has 0 atom stereocenters. The summed E-state index contributed by atoms with van der Waals surface area (Å²) in [5.41, 5.74) is 0. The Hall–Kier alpha value is -1.28. The molecule has 1 rings (SSSR count). The van der Waals surface area contributed by atoms with Gasteiger partial charge in [0.2, 0.25) is 10.0 Å². The van der Waals surface area contributed by atoms with Crippen molar-refractivity contribution in [3.05, 3.63) is 23.9 Å². The molecular weight excluding hydrogens is 240 g/mol. The predicted molar refractivity (Wildman–Crippen MR) is 55.2 cm³/mol. The standard InChI is InChI=1S/C8H11F2N3O2S/c9-6-4-7(10)8(13-5-6)12-2-1-3-16(11,14)15/h4-5H,1-3H2,(H,12,13)(H2,11,14,15). The Morgan fingerprint density at radius 3 is 2.69 bits per heavy atom. The zero-order chi connectivity index (χ0) is 12.2. The van der Waals surface area contributed by atoms with Gasteiger partial charge in [0.1, 0.15) is 5.82 Å². The predicted octanol–water partition coefficient (Wildman–Crippen LogP) is 0.450. The number of halogens is 2. The molecule has 0 unspecified atom stereocenters. The van der Waals surface area contributed by atoms with Gasteiger partial charge in [0.05, 0.1) is 11.9 Å². The van der Waals surface area contributed by atoms with Crippen LogP contribution in [0.15, 0.2) is 12.3 Å². The zero-order valence-electron chi connectivity index (χ0n) is 8.28. The van der Waals surface area contributed by atoms with Crippen molar-refractivity contribution in [1.29, 1.82) is 0 Å². The van der Waals surface area contributed by atoms with Crippen LogP contribution in [-0.2, 0) is 10.0 Å². The van der Waals surface area contributed by atoms with E-state index in [9.17, 15) is 17.2 Å². The van der Waals surface area contributed by atoms with E-state index in [1.165, 1.54) is 0 Å². The second kappa shape index (κ2) is 5.17. The Labute approximate surface area is 91.7 Å². The molecule has 0 amide bonds. The first kappa shape index (κ1) is 12.8. The lowest BCUT2D eigenvalue weighted by molar-refractivity contribution is 0.575. The van der Waals surface area contributed by atoms with Gasteiger partial charge >= 0.3 is 0 Å². The maximum atomic E-state index is 13.0. The number of nitrogens with two attached hydrogens (primary N) is 1. The highest BCUT2D eigenvalue weighted by molar-refractivity contribution is 7.89. The Kier molecular flexibility index (Phi) is 4.13. The monoisotopic (exact) mass is 251 g/mol. The van der Waals surface area contributed by atoms with E-state index in [4.69, 9.17) is 5.14 Å². The minimum Gasteiger partial charge on any atom is -0.368 e. The summed E-state index contributed by atoms with van der Waals surface area (Å²) in [7, 11) is -3.51. The van der Waals surface area contributed by atoms with Crippen molar-refractivity contribution in [3.8, 4) is 0 Å². The first-order chi connectivity index (χ1) is 7.38. The Balaban J connectivity index is 2.43. The SMILES string of the molecule is NS(=O)(=O)CCCNc1ncc(F)cc1F. The van der Waals surface area contributed by atoms with Gasteiger partial charge in [-0.2, -0.15) is 0 Å². The molecule has 0 saturated heterocycles. The number of pyridine rings is 1. The molecule has 3 N–H and O–H groups in total. The summed E-state index contributed by atoms with van der Waals surface area (Å²) in [6, 6.07) is 0.689. The van der Waals surface area contributed by atoms with Crippen LogP contribution in [0.3, 0.4) is 0 Å². The number of nitrogens with zero attached hydrogens (tertiary/aromatic N) is 1. The fourth-order valence-electron chi connectivity index (χ4n) is 1.02. The zero-order valence-corrected chi connectivity index (χ0v) is 9.10. The van der Waals surface area contributed by atoms with Gasteiger partial charge in [-0.3, -0.25) is 0 Å². The number of nitrogens with one attached hydrogen (secondary N) is 1. The molecule has 0 aliphatic rings. The third-order valence-corrected chi connectivity index (χ3v) is 2.56. The van der Waals surface area contributed by atoms with Gasteiger partial charge < -0.3 is 5.32 Å². The molecule has 0 fully saturated rings. The summed E-state index contributed by atoms with van der Waals surface area (Å²) >= 11 is 0. The van der Waals surface area contributed by atoms with Crippen LogP contribution in [0.25, 0.3) is 0 Å². The first-order valence-electron chi connectivity index (χ1n) is 4.44. The molecule has 1 aromatic heterocycles. The average Bonchev–Trinajstić information content (AvgIpc) is 2.13. The normalized spacial score (nSPS) is 11.4. The number of hydrogen-bond donors (Lipinski definition) is 2. The van der Waals surface area contributed by atoms with E-state index in [0.717, 1.165) is 6.20 Å². The second-order valence-electron chi connectivity index (χ2n) is 3.13. The quantitative estimate of drug-likeness (QED) is 0.744. The third-order valence-electron chi connectivity index (χ3n) is 1.71. The van der Waals surface area contributed by atoms with Gasteiger partial charge in [0.15, 0.2) is 11.6 Å².